The molecule has 108 valence electrons. The van der Waals surface area contributed by atoms with Crippen molar-refractivity contribution in [2.24, 2.45) is 0 Å². The van der Waals surface area contributed by atoms with E-state index in [0.717, 1.165) is 25.7 Å². The van der Waals surface area contributed by atoms with Gasteiger partial charge in [0.05, 0.1) is 12.3 Å². The molecule has 1 fully saturated rings. The Morgan fingerprint density at radius 2 is 2.16 bits per heavy atom. The molecule has 0 aliphatic heterocycles. The van der Waals surface area contributed by atoms with Gasteiger partial charge in [0.15, 0.2) is 0 Å². The topological polar surface area (TPSA) is 86.3 Å². The molecule has 1 aromatic heterocycles. The van der Waals surface area contributed by atoms with Crippen LogP contribution < -0.4 is 0 Å². The van der Waals surface area contributed by atoms with E-state index in [0.29, 0.717) is 12.2 Å². The van der Waals surface area contributed by atoms with E-state index in [1.54, 1.807) is 11.2 Å². The van der Waals surface area contributed by atoms with E-state index in [-0.39, 0.29) is 23.2 Å². The molecule has 0 aromatic carbocycles. The van der Waals surface area contributed by atoms with Crippen LogP contribution >= 0.6 is 0 Å². The lowest BCUT2D eigenvalue weighted by atomic mass is 10.3. The fourth-order valence-corrected chi connectivity index (χ4v) is 4.26. The minimum atomic E-state index is -3.56. The molecule has 7 heteroatoms. The van der Waals surface area contributed by atoms with Crippen molar-refractivity contribution in [2.45, 2.75) is 57.1 Å². The van der Waals surface area contributed by atoms with Crippen LogP contribution in [0.3, 0.4) is 0 Å². The number of sulfonamides is 1. The highest BCUT2D eigenvalue weighted by molar-refractivity contribution is 7.89. The zero-order chi connectivity index (χ0) is 14.0. The molecule has 0 radical (unpaired) electrons. The minimum Gasteiger partial charge on any atom is -0.390 e. The maximum absolute atomic E-state index is 12.7. The van der Waals surface area contributed by atoms with Crippen molar-refractivity contribution in [3.8, 4) is 0 Å². The molecule has 6 nitrogen and oxygen atoms in total. The molecule has 0 bridgehead atoms. The Morgan fingerprint density at radius 3 is 2.68 bits per heavy atom. The summed E-state index contributed by atoms with van der Waals surface area (Å²) in [5, 5.41) is 15.8. The van der Waals surface area contributed by atoms with E-state index >= 15 is 0 Å². The second kappa shape index (κ2) is 5.60. The van der Waals surface area contributed by atoms with Crippen LogP contribution in [0.2, 0.25) is 0 Å². The van der Waals surface area contributed by atoms with Gasteiger partial charge in [-0.1, -0.05) is 13.3 Å². The van der Waals surface area contributed by atoms with Gasteiger partial charge < -0.3 is 5.11 Å². The standard InChI is InChI=1S/C12H21N3O3S/c1-3-4-7-15(10-5-6-10)19(17,18)12-9(2)13-14-11(12)8-16/h10,16H,3-8H2,1-2H3,(H,13,14). The fraction of sp³-hybridized carbons (Fsp3) is 0.750. The number of aryl methyl sites for hydroxylation is 1. The summed E-state index contributed by atoms with van der Waals surface area (Å²) in [6, 6.07) is 0.123. The van der Waals surface area contributed by atoms with Crippen LogP contribution in [0, 0.1) is 6.92 Å². The molecular formula is C12H21N3O3S. The number of aliphatic hydroxyl groups is 1. The van der Waals surface area contributed by atoms with Crippen LogP contribution in [0.4, 0.5) is 0 Å². The van der Waals surface area contributed by atoms with Gasteiger partial charge in [0.25, 0.3) is 0 Å². The molecule has 1 aliphatic carbocycles. The first-order valence-corrected chi connectivity index (χ1v) is 8.13. The van der Waals surface area contributed by atoms with Gasteiger partial charge in [0.1, 0.15) is 10.6 Å². The van der Waals surface area contributed by atoms with E-state index < -0.39 is 10.0 Å². The highest BCUT2D eigenvalue weighted by atomic mass is 32.2. The molecule has 0 atom stereocenters. The molecule has 0 spiro atoms. The van der Waals surface area contributed by atoms with Crippen LogP contribution in [0.5, 0.6) is 0 Å². The van der Waals surface area contributed by atoms with Crippen LogP contribution in [-0.2, 0) is 16.6 Å². The molecule has 1 saturated carbocycles. The van der Waals surface area contributed by atoms with Crippen molar-refractivity contribution >= 4 is 10.0 Å². The Kier molecular flexibility index (Phi) is 4.27. The van der Waals surface area contributed by atoms with Crippen molar-refractivity contribution in [3.05, 3.63) is 11.4 Å². The maximum Gasteiger partial charge on any atom is 0.247 e. The van der Waals surface area contributed by atoms with Gasteiger partial charge in [-0.25, -0.2) is 8.42 Å². The molecular weight excluding hydrogens is 266 g/mol. The Bertz CT molecular complexity index is 534. The summed E-state index contributed by atoms with van der Waals surface area (Å²) in [4.78, 5) is 0.151. The number of nitrogens with zero attached hydrogens (tertiary/aromatic N) is 2. The van der Waals surface area contributed by atoms with Gasteiger partial charge in [-0.3, -0.25) is 5.10 Å². The van der Waals surface area contributed by atoms with E-state index in [9.17, 15) is 13.5 Å². The molecule has 2 N–H and O–H groups in total. The normalized spacial score (nSPS) is 16.2. The molecule has 1 aliphatic rings. The van der Waals surface area contributed by atoms with E-state index in [1.807, 2.05) is 6.92 Å². The number of aliphatic hydroxyl groups excluding tert-OH is 1. The molecule has 0 saturated heterocycles. The quantitative estimate of drug-likeness (QED) is 0.788. The zero-order valence-corrected chi connectivity index (χ0v) is 12.2. The van der Waals surface area contributed by atoms with Gasteiger partial charge >= 0.3 is 0 Å². The lowest BCUT2D eigenvalue weighted by Crippen LogP contribution is -2.34. The van der Waals surface area contributed by atoms with Crippen LogP contribution in [0.25, 0.3) is 0 Å². The minimum absolute atomic E-state index is 0.123. The zero-order valence-electron chi connectivity index (χ0n) is 11.4. The number of nitrogens with one attached hydrogen (secondary N) is 1. The lowest BCUT2D eigenvalue weighted by Gasteiger charge is -2.21. The van der Waals surface area contributed by atoms with Crippen LogP contribution in [0.15, 0.2) is 4.90 Å². The summed E-state index contributed by atoms with van der Waals surface area (Å²) in [5.41, 5.74) is 0.700. The van der Waals surface area contributed by atoms with Crippen molar-refractivity contribution in [1.29, 1.82) is 0 Å². The molecule has 2 rings (SSSR count). The second-order valence-corrected chi connectivity index (χ2v) is 6.81. The maximum atomic E-state index is 12.7. The summed E-state index contributed by atoms with van der Waals surface area (Å²) < 4.78 is 27.0. The Morgan fingerprint density at radius 1 is 1.47 bits per heavy atom. The molecule has 0 amide bonds. The first-order chi connectivity index (χ1) is 9.02. The van der Waals surface area contributed by atoms with E-state index in [1.165, 1.54) is 0 Å². The predicted molar refractivity (Wildman–Crippen MR) is 71.1 cm³/mol. The highest BCUT2D eigenvalue weighted by Crippen LogP contribution is 2.33. The van der Waals surface area contributed by atoms with Gasteiger partial charge in [0, 0.05) is 12.6 Å². The molecule has 1 aromatic rings. The Hall–Kier alpha value is -0.920. The first-order valence-electron chi connectivity index (χ1n) is 6.69. The number of rotatable bonds is 7. The van der Waals surface area contributed by atoms with Crippen molar-refractivity contribution < 1.29 is 13.5 Å². The average Bonchev–Trinajstić information content (AvgIpc) is 3.11. The van der Waals surface area contributed by atoms with Gasteiger partial charge in [-0.2, -0.15) is 9.40 Å². The van der Waals surface area contributed by atoms with Gasteiger partial charge in [-0.15, -0.1) is 0 Å². The molecule has 1 heterocycles. The van der Waals surface area contributed by atoms with Crippen molar-refractivity contribution in [2.75, 3.05) is 6.54 Å². The predicted octanol–water partition coefficient (Wildman–Crippen LogP) is 1.16. The lowest BCUT2D eigenvalue weighted by molar-refractivity contribution is 0.272. The Balaban J connectivity index is 2.35. The average molecular weight is 287 g/mol. The summed E-state index contributed by atoms with van der Waals surface area (Å²) in [5.74, 6) is 0. The number of aromatic amines is 1. The summed E-state index contributed by atoms with van der Waals surface area (Å²) in [6.07, 6.45) is 3.65. The highest BCUT2D eigenvalue weighted by Gasteiger charge is 2.39. The van der Waals surface area contributed by atoms with Gasteiger partial charge in [-0.05, 0) is 26.2 Å². The summed E-state index contributed by atoms with van der Waals surface area (Å²) in [7, 11) is -3.56. The first kappa shape index (κ1) is 14.5. The molecule has 19 heavy (non-hydrogen) atoms. The number of unbranched alkanes of at least 4 members (excludes halogenated alkanes) is 1. The largest absolute Gasteiger partial charge is 0.390 e. The third-order valence-corrected chi connectivity index (χ3v) is 5.52. The summed E-state index contributed by atoms with van der Waals surface area (Å²) >= 11 is 0. The number of hydrogen-bond acceptors (Lipinski definition) is 4. The Labute approximate surface area is 113 Å². The smallest absolute Gasteiger partial charge is 0.247 e. The number of aromatic nitrogens is 2. The fourth-order valence-electron chi connectivity index (χ4n) is 2.21. The monoisotopic (exact) mass is 287 g/mol. The third kappa shape index (κ3) is 2.82. The summed E-state index contributed by atoms with van der Waals surface area (Å²) in [6.45, 7) is 3.88. The van der Waals surface area contributed by atoms with E-state index in [2.05, 4.69) is 10.2 Å². The third-order valence-electron chi connectivity index (χ3n) is 3.36. The number of H-pyrrole nitrogens is 1. The second-order valence-electron chi connectivity index (χ2n) is 4.98. The molecule has 0 unspecified atom stereocenters. The van der Waals surface area contributed by atoms with Crippen molar-refractivity contribution in [1.82, 2.24) is 14.5 Å². The van der Waals surface area contributed by atoms with Crippen LogP contribution in [0.1, 0.15) is 44.0 Å². The van der Waals surface area contributed by atoms with E-state index in [4.69, 9.17) is 0 Å². The SMILES string of the molecule is CCCCN(C1CC1)S(=O)(=O)c1c(CO)n[nH]c1C. The van der Waals surface area contributed by atoms with Gasteiger partial charge in [0.2, 0.25) is 10.0 Å². The van der Waals surface area contributed by atoms with Crippen LogP contribution in [-0.4, -0.2) is 40.6 Å². The number of hydrogen-bond donors (Lipinski definition) is 2. The van der Waals surface area contributed by atoms with Crippen molar-refractivity contribution in [3.63, 3.8) is 0 Å².